The quantitative estimate of drug-likeness (QED) is 0.655. The van der Waals surface area contributed by atoms with Crippen molar-refractivity contribution in [2.24, 2.45) is 40.4 Å². The predicted molar refractivity (Wildman–Crippen MR) is 110 cm³/mol. The van der Waals surface area contributed by atoms with Crippen molar-refractivity contribution in [1.82, 2.24) is 0 Å². The van der Waals surface area contributed by atoms with Crippen molar-refractivity contribution in [3.05, 3.63) is 23.5 Å². The Kier molecular flexibility index (Phi) is 4.05. The lowest BCUT2D eigenvalue weighted by molar-refractivity contribution is -0.185. The second-order valence-electron chi connectivity index (χ2n) is 10.7. The van der Waals surface area contributed by atoms with Gasteiger partial charge in [0.25, 0.3) is 0 Å². The third kappa shape index (κ3) is 2.22. The van der Waals surface area contributed by atoms with Crippen molar-refractivity contribution < 1.29 is 23.9 Å². The number of Topliss-reactive ketones (excluding diaryl/α,β-unsaturated/α-hetero) is 1. The number of esters is 1. The number of methoxy groups -OCH3 is 1. The van der Waals surface area contributed by atoms with Gasteiger partial charge in [0, 0.05) is 29.2 Å². The number of ether oxygens (including phenoxy) is 2. The summed E-state index contributed by atoms with van der Waals surface area (Å²) in [7, 11) is 1.69. The highest BCUT2D eigenvalue weighted by Crippen LogP contribution is 2.72. The van der Waals surface area contributed by atoms with Gasteiger partial charge in [-0.3, -0.25) is 14.4 Å². The predicted octanol–water partition coefficient (Wildman–Crippen LogP) is 4.02. The molecule has 5 nitrogen and oxygen atoms in total. The maximum atomic E-state index is 12.9. The van der Waals surface area contributed by atoms with Crippen LogP contribution in [0.5, 0.6) is 0 Å². The van der Waals surface area contributed by atoms with Gasteiger partial charge in [-0.15, -0.1) is 0 Å². The van der Waals surface area contributed by atoms with Crippen LogP contribution in [-0.4, -0.2) is 30.2 Å². The van der Waals surface area contributed by atoms with E-state index in [0.29, 0.717) is 18.3 Å². The number of hydrogen-bond acceptors (Lipinski definition) is 5. The van der Waals surface area contributed by atoms with Crippen LogP contribution in [0.25, 0.3) is 0 Å². The second kappa shape index (κ2) is 6.08. The first kappa shape index (κ1) is 20.0. The van der Waals surface area contributed by atoms with Crippen LogP contribution in [-0.2, 0) is 23.9 Å². The van der Waals surface area contributed by atoms with Crippen LogP contribution in [0, 0.1) is 40.4 Å². The first-order valence-electron chi connectivity index (χ1n) is 11.3. The molecule has 0 bridgehead atoms. The maximum absolute atomic E-state index is 12.9. The lowest BCUT2D eigenvalue weighted by atomic mass is 9.47. The number of rotatable bonds is 3. The van der Waals surface area contributed by atoms with Crippen molar-refractivity contribution in [2.45, 2.75) is 65.4 Å². The van der Waals surface area contributed by atoms with Gasteiger partial charge >= 0.3 is 5.97 Å². The smallest absolute Gasteiger partial charge is 0.303 e. The van der Waals surface area contributed by atoms with Crippen molar-refractivity contribution in [3.63, 3.8) is 0 Å². The molecule has 0 saturated heterocycles. The van der Waals surface area contributed by atoms with Gasteiger partial charge in [-0.1, -0.05) is 13.8 Å². The van der Waals surface area contributed by atoms with Crippen molar-refractivity contribution >= 4 is 17.5 Å². The van der Waals surface area contributed by atoms with E-state index in [1.807, 2.05) is 6.08 Å². The summed E-state index contributed by atoms with van der Waals surface area (Å²) < 4.78 is 11.7. The average Bonchev–Trinajstić information content (AvgIpc) is 3.43. The number of carbonyl (C=O) groups excluding carboxylic acids is 3. The van der Waals surface area contributed by atoms with Crippen LogP contribution in [0.2, 0.25) is 0 Å². The minimum Gasteiger partial charge on any atom is -0.497 e. The summed E-state index contributed by atoms with van der Waals surface area (Å²) in [6.07, 6.45) is 8.32. The summed E-state index contributed by atoms with van der Waals surface area (Å²) in [5.41, 5.74) is -0.397. The molecule has 0 aromatic rings. The summed E-state index contributed by atoms with van der Waals surface area (Å²) in [6.45, 7) is 7.47. The normalized spacial score (nSPS) is 48.3. The summed E-state index contributed by atoms with van der Waals surface area (Å²) >= 11 is 0. The molecule has 0 spiro atoms. The van der Waals surface area contributed by atoms with E-state index >= 15 is 0 Å². The molecule has 3 saturated carbocycles. The number of fused-ring (bicyclic) bond motifs is 7. The summed E-state index contributed by atoms with van der Waals surface area (Å²) in [4.78, 5) is 37.4. The van der Waals surface area contributed by atoms with Crippen molar-refractivity contribution in [1.29, 1.82) is 0 Å². The Bertz CT molecular complexity index is 914. The molecule has 0 radical (unpaired) electrons. The standard InChI is InChI=1S/C25H32O5/c1-13(26)25(30-14(2)27)9-7-17-15-11-22(29-5)20-12-21(28)16-10-19(16)24(20,4)18(15)6-8-23(17,25)3/h11-12,15-19H,6-10H2,1-5H3/t15-,16+,17-,18-,19-,23-,24-,25-/m0/s1. The first-order valence-corrected chi connectivity index (χ1v) is 11.3. The van der Waals surface area contributed by atoms with Gasteiger partial charge in [-0.25, -0.2) is 0 Å². The molecule has 5 aliphatic carbocycles. The van der Waals surface area contributed by atoms with Gasteiger partial charge in [0.15, 0.2) is 17.2 Å². The number of ketones is 2. The zero-order valence-electron chi connectivity index (χ0n) is 18.6. The van der Waals surface area contributed by atoms with Gasteiger partial charge in [-0.05, 0) is 74.9 Å². The minimum atomic E-state index is -1.03. The second-order valence-corrected chi connectivity index (χ2v) is 10.7. The topological polar surface area (TPSA) is 69.7 Å². The van der Waals surface area contributed by atoms with Gasteiger partial charge in [0.1, 0.15) is 5.76 Å². The molecule has 0 N–H and O–H groups in total. The number of hydrogen-bond donors (Lipinski definition) is 0. The summed E-state index contributed by atoms with van der Waals surface area (Å²) in [6, 6.07) is 0. The third-order valence-corrected chi connectivity index (χ3v) is 9.73. The average molecular weight is 413 g/mol. The van der Waals surface area contributed by atoms with E-state index in [-0.39, 0.29) is 46.1 Å². The molecule has 0 aliphatic heterocycles. The molecule has 0 amide bonds. The third-order valence-electron chi connectivity index (χ3n) is 9.73. The molecule has 8 atom stereocenters. The highest BCUT2D eigenvalue weighted by molar-refractivity contribution is 5.97. The molecule has 30 heavy (non-hydrogen) atoms. The largest absolute Gasteiger partial charge is 0.497 e. The molecule has 0 heterocycles. The fraction of sp³-hybridized carbons (Fsp3) is 0.720. The van der Waals surface area contributed by atoms with Crippen LogP contribution >= 0.6 is 0 Å². The van der Waals surface area contributed by atoms with Crippen LogP contribution in [0.4, 0.5) is 0 Å². The summed E-state index contributed by atoms with van der Waals surface area (Å²) in [5, 5.41) is 0. The Morgan fingerprint density at radius 1 is 1.07 bits per heavy atom. The van der Waals surface area contributed by atoms with E-state index in [2.05, 4.69) is 19.9 Å². The Morgan fingerprint density at radius 2 is 1.77 bits per heavy atom. The zero-order valence-corrected chi connectivity index (χ0v) is 18.6. The van der Waals surface area contributed by atoms with E-state index in [0.717, 1.165) is 37.0 Å². The minimum absolute atomic E-state index is 0.0368. The first-order chi connectivity index (χ1) is 14.1. The van der Waals surface area contributed by atoms with Gasteiger partial charge in [0.05, 0.1) is 7.11 Å². The van der Waals surface area contributed by atoms with Gasteiger partial charge in [0.2, 0.25) is 0 Å². The van der Waals surface area contributed by atoms with E-state index in [9.17, 15) is 14.4 Å². The molecule has 0 aromatic heterocycles. The fourth-order valence-corrected chi connectivity index (χ4v) is 8.22. The van der Waals surface area contributed by atoms with Gasteiger partial charge < -0.3 is 9.47 Å². The fourth-order valence-electron chi connectivity index (χ4n) is 8.22. The SMILES string of the molecule is COC1=C[C@@H]2[C@H](CC[C@@]3(C)[C@H]2CC[C@]3(OC(C)=O)C(C)=O)[C@]2(C)C1=CC(=O)[C@@H]1C[C@@H]12. The lowest BCUT2D eigenvalue weighted by Crippen LogP contribution is -2.58. The van der Waals surface area contributed by atoms with Crippen LogP contribution < -0.4 is 0 Å². The van der Waals surface area contributed by atoms with E-state index in [4.69, 9.17) is 9.47 Å². The molecule has 0 unspecified atom stereocenters. The molecule has 0 aromatic carbocycles. The molecule has 162 valence electrons. The van der Waals surface area contributed by atoms with Crippen molar-refractivity contribution in [3.8, 4) is 0 Å². The Balaban J connectivity index is 1.61. The summed E-state index contributed by atoms with van der Waals surface area (Å²) in [5.74, 6) is 2.15. The van der Waals surface area contributed by atoms with Crippen LogP contribution in [0.15, 0.2) is 23.5 Å². The van der Waals surface area contributed by atoms with E-state index in [1.54, 1.807) is 14.0 Å². The van der Waals surface area contributed by atoms with Crippen LogP contribution in [0.3, 0.4) is 0 Å². The molecular formula is C25H32O5. The zero-order chi connectivity index (χ0) is 21.6. The van der Waals surface area contributed by atoms with E-state index in [1.165, 1.54) is 6.92 Å². The van der Waals surface area contributed by atoms with Gasteiger partial charge in [-0.2, -0.15) is 0 Å². The monoisotopic (exact) mass is 412 g/mol. The Labute approximate surface area is 178 Å². The van der Waals surface area contributed by atoms with E-state index < -0.39 is 5.60 Å². The molecule has 5 rings (SSSR count). The molecule has 5 heteroatoms. The number of allylic oxidation sites excluding steroid dienone is 3. The highest BCUT2D eigenvalue weighted by Gasteiger charge is 2.70. The molecule has 5 aliphatic rings. The Hall–Kier alpha value is -1.91. The molecular weight excluding hydrogens is 380 g/mol. The molecule has 3 fully saturated rings. The number of carbonyl (C=O) groups is 3. The lowest BCUT2D eigenvalue weighted by Gasteiger charge is -2.57. The Morgan fingerprint density at radius 3 is 2.40 bits per heavy atom. The van der Waals surface area contributed by atoms with Crippen LogP contribution in [0.1, 0.15) is 59.8 Å². The maximum Gasteiger partial charge on any atom is 0.303 e. The van der Waals surface area contributed by atoms with Crippen molar-refractivity contribution in [2.75, 3.05) is 7.11 Å². The highest BCUT2D eigenvalue weighted by atomic mass is 16.6.